The van der Waals surface area contributed by atoms with Crippen molar-refractivity contribution in [2.24, 2.45) is 11.7 Å². The van der Waals surface area contributed by atoms with Crippen LogP contribution in [0.2, 0.25) is 0 Å². The normalized spacial score (nSPS) is 15.6. The van der Waals surface area contributed by atoms with E-state index in [1.165, 1.54) is 36.4 Å². The van der Waals surface area contributed by atoms with Crippen molar-refractivity contribution in [3.05, 3.63) is 59.9 Å². The van der Waals surface area contributed by atoms with Crippen LogP contribution < -0.4 is 10.5 Å². The van der Waals surface area contributed by atoms with Gasteiger partial charge in [-0.2, -0.15) is 0 Å². The molecule has 0 radical (unpaired) electrons. The van der Waals surface area contributed by atoms with Gasteiger partial charge in [-0.3, -0.25) is 9.52 Å². The molecule has 0 bridgehead atoms. The number of hydrogen-bond donors (Lipinski definition) is 2. The predicted molar refractivity (Wildman–Crippen MR) is 101 cm³/mol. The van der Waals surface area contributed by atoms with Crippen molar-refractivity contribution in [1.82, 2.24) is 4.90 Å². The van der Waals surface area contributed by atoms with Crippen molar-refractivity contribution in [2.75, 3.05) is 24.4 Å². The zero-order valence-corrected chi connectivity index (χ0v) is 15.6. The largest absolute Gasteiger partial charge is 0.339 e. The second-order valence-corrected chi connectivity index (χ2v) is 8.29. The van der Waals surface area contributed by atoms with Gasteiger partial charge in [0.1, 0.15) is 5.82 Å². The molecule has 0 spiro atoms. The Hall–Kier alpha value is -2.45. The Morgan fingerprint density at radius 2 is 1.81 bits per heavy atom. The molecule has 1 aliphatic heterocycles. The van der Waals surface area contributed by atoms with Gasteiger partial charge in [-0.25, -0.2) is 12.8 Å². The van der Waals surface area contributed by atoms with Crippen LogP contribution in [-0.2, 0) is 10.0 Å². The molecule has 0 saturated carbocycles. The summed E-state index contributed by atoms with van der Waals surface area (Å²) in [6.07, 6.45) is 1.71. The second kappa shape index (κ2) is 8.06. The molecule has 6 nitrogen and oxygen atoms in total. The molecule has 0 aliphatic carbocycles. The molecular formula is C19H22FN3O3S. The molecule has 0 atom stereocenters. The Kier molecular flexibility index (Phi) is 5.76. The third kappa shape index (κ3) is 4.64. The maximum absolute atomic E-state index is 13.0. The van der Waals surface area contributed by atoms with Gasteiger partial charge in [-0.1, -0.05) is 6.07 Å². The number of likely N-dealkylation sites (tertiary alicyclic amines) is 1. The van der Waals surface area contributed by atoms with Gasteiger partial charge in [-0.15, -0.1) is 0 Å². The lowest BCUT2D eigenvalue weighted by Crippen LogP contribution is -2.40. The average Bonchev–Trinajstić information content (AvgIpc) is 2.69. The van der Waals surface area contributed by atoms with E-state index in [0.717, 1.165) is 12.8 Å². The van der Waals surface area contributed by atoms with Gasteiger partial charge < -0.3 is 10.6 Å². The Bertz CT molecular complexity index is 908. The van der Waals surface area contributed by atoms with Gasteiger partial charge in [0, 0.05) is 24.3 Å². The molecular weight excluding hydrogens is 369 g/mol. The molecule has 8 heteroatoms. The molecule has 0 unspecified atom stereocenters. The minimum atomic E-state index is -3.89. The summed E-state index contributed by atoms with van der Waals surface area (Å²) in [5, 5.41) is 0. The second-order valence-electron chi connectivity index (χ2n) is 6.61. The zero-order valence-electron chi connectivity index (χ0n) is 14.8. The van der Waals surface area contributed by atoms with Crippen LogP contribution >= 0.6 is 0 Å². The summed E-state index contributed by atoms with van der Waals surface area (Å²) in [6, 6.07) is 10.9. The summed E-state index contributed by atoms with van der Waals surface area (Å²) in [7, 11) is -3.89. The van der Waals surface area contributed by atoms with E-state index in [2.05, 4.69) is 4.72 Å². The molecule has 1 aliphatic rings. The van der Waals surface area contributed by atoms with Crippen molar-refractivity contribution in [2.45, 2.75) is 17.7 Å². The summed E-state index contributed by atoms with van der Waals surface area (Å²) in [6.45, 7) is 1.85. The number of nitrogens with one attached hydrogen (secondary N) is 1. The highest BCUT2D eigenvalue weighted by atomic mass is 32.2. The monoisotopic (exact) mass is 391 g/mol. The van der Waals surface area contributed by atoms with E-state index in [0.29, 0.717) is 31.1 Å². The molecule has 3 N–H and O–H groups in total. The van der Waals surface area contributed by atoms with Gasteiger partial charge in [0.05, 0.1) is 4.90 Å². The number of rotatable bonds is 5. The van der Waals surface area contributed by atoms with Crippen LogP contribution in [0.5, 0.6) is 0 Å². The first-order valence-electron chi connectivity index (χ1n) is 8.77. The van der Waals surface area contributed by atoms with Crippen LogP contribution in [0.25, 0.3) is 0 Å². The molecule has 3 rings (SSSR count). The van der Waals surface area contributed by atoms with Crippen LogP contribution in [0.4, 0.5) is 10.1 Å². The van der Waals surface area contributed by atoms with E-state index >= 15 is 0 Å². The minimum Gasteiger partial charge on any atom is -0.339 e. The van der Waals surface area contributed by atoms with Crippen molar-refractivity contribution in [3.8, 4) is 0 Å². The van der Waals surface area contributed by atoms with E-state index in [1.54, 1.807) is 17.0 Å². The number of hydrogen-bond acceptors (Lipinski definition) is 4. The van der Waals surface area contributed by atoms with Crippen LogP contribution in [0.1, 0.15) is 23.2 Å². The number of anilines is 1. The van der Waals surface area contributed by atoms with E-state index in [-0.39, 0.29) is 16.5 Å². The number of amides is 1. The summed E-state index contributed by atoms with van der Waals surface area (Å²) in [4.78, 5) is 14.4. The summed E-state index contributed by atoms with van der Waals surface area (Å²) < 4.78 is 40.5. The fourth-order valence-electron chi connectivity index (χ4n) is 3.08. The summed E-state index contributed by atoms with van der Waals surface area (Å²) in [5.41, 5.74) is 6.25. The lowest BCUT2D eigenvalue weighted by molar-refractivity contribution is 0.0693. The molecule has 2 aromatic carbocycles. The quantitative estimate of drug-likeness (QED) is 0.819. The Balaban J connectivity index is 1.76. The highest BCUT2D eigenvalue weighted by molar-refractivity contribution is 7.92. The number of benzene rings is 2. The molecule has 0 aromatic heterocycles. The summed E-state index contributed by atoms with van der Waals surface area (Å²) >= 11 is 0. The molecule has 1 amide bonds. The maximum Gasteiger partial charge on any atom is 0.261 e. The van der Waals surface area contributed by atoms with Crippen LogP contribution in [-0.4, -0.2) is 38.9 Å². The number of nitrogens with two attached hydrogens (primary N) is 1. The number of halogens is 1. The highest BCUT2D eigenvalue weighted by Gasteiger charge is 2.24. The first kappa shape index (κ1) is 19.3. The van der Waals surface area contributed by atoms with Crippen molar-refractivity contribution in [3.63, 3.8) is 0 Å². The zero-order chi connectivity index (χ0) is 19.4. The van der Waals surface area contributed by atoms with E-state index in [1.807, 2.05) is 0 Å². The standard InChI is InChI=1S/C19H22FN3O3S/c20-16-4-6-17(7-5-16)22-27(25,26)18-3-1-2-15(12-18)19(24)23-10-8-14(13-21)9-11-23/h1-7,12,14,22H,8-11,13,21H2. The van der Waals surface area contributed by atoms with Gasteiger partial charge in [0.2, 0.25) is 0 Å². The third-order valence-electron chi connectivity index (χ3n) is 4.72. The minimum absolute atomic E-state index is 0.0190. The Morgan fingerprint density at radius 3 is 2.44 bits per heavy atom. The highest BCUT2D eigenvalue weighted by Crippen LogP contribution is 2.21. The van der Waals surface area contributed by atoms with Crippen molar-refractivity contribution in [1.29, 1.82) is 0 Å². The number of carbonyl (C=O) groups excluding carboxylic acids is 1. The fraction of sp³-hybridized carbons (Fsp3) is 0.316. The van der Waals surface area contributed by atoms with Crippen LogP contribution in [0, 0.1) is 11.7 Å². The summed E-state index contributed by atoms with van der Waals surface area (Å²) in [5.74, 6) is -0.214. The van der Waals surface area contributed by atoms with Crippen molar-refractivity contribution < 1.29 is 17.6 Å². The SMILES string of the molecule is NCC1CCN(C(=O)c2cccc(S(=O)(=O)Nc3ccc(F)cc3)c2)CC1. The molecule has 1 saturated heterocycles. The smallest absolute Gasteiger partial charge is 0.261 e. The van der Waals surface area contributed by atoms with E-state index < -0.39 is 15.8 Å². The lowest BCUT2D eigenvalue weighted by Gasteiger charge is -2.31. The lowest BCUT2D eigenvalue weighted by atomic mass is 9.96. The van der Waals surface area contributed by atoms with Gasteiger partial charge in [-0.05, 0) is 67.8 Å². The predicted octanol–water partition coefficient (Wildman–Crippen LogP) is 2.44. The third-order valence-corrected chi connectivity index (χ3v) is 6.10. The number of carbonyl (C=O) groups is 1. The van der Waals surface area contributed by atoms with Gasteiger partial charge >= 0.3 is 0 Å². The van der Waals surface area contributed by atoms with E-state index in [4.69, 9.17) is 5.73 Å². The first-order chi connectivity index (χ1) is 12.9. The number of nitrogens with zero attached hydrogens (tertiary/aromatic N) is 1. The van der Waals surface area contributed by atoms with Crippen LogP contribution in [0.15, 0.2) is 53.4 Å². The first-order valence-corrected chi connectivity index (χ1v) is 10.2. The fourth-order valence-corrected chi connectivity index (χ4v) is 4.19. The topological polar surface area (TPSA) is 92.5 Å². The molecule has 1 fully saturated rings. The molecule has 27 heavy (non-hydrogen) atoms. The van der Waals surface area contributed by atoms with Gasteiger partial charge in [0.15, 0.2) is 0 Å². The average molecular weight is 391 g/mol. The van der Waals surface area contributed by atoms with Crippen molar-refractivity contribution >= 4 is 21.6 Å². The Morgan fingerprint density at radius 1 is 1.15 bits per heavy atom. The number of sulfonamides is 1. The van der Waals surface area contributed by atoms with Gasteiger partial charge in [0.25, 0.3) is 15.9 Å². The molecule has 144 valence electrons. The number of piperidine rings is 1. The Labute approximate surface area is 158 Å². The maximum atomic E-state index is 13.0. The molecule has 2 aromatic rings. The molecule has 1 heterocycles. The van der Waals surface area contributed by atoms with Crippen LogP contribution in [0.3, 0.4) is 0 Å². The van der Waals surface area contributed by atoms with E-state index in [9.17, 15) is 17.6 Å².